The van der Waals surface area contributed by atoms with Crippen molar-refractivity contribution in [1.29, 1.82) is 5.26 Å². The minimum Gasteiger partial charge on any atom is -0.492 e. The van der Waals surface area contributed by atoms with Gasteiger partial charge in [0.1, 0.15) is 12.4 Å². The quantitative estimate of drug-likeness (QED) is 0.834. The lowest BCUT2D eigenvalue weighted by Gasteiger charge is -2.32. The van der Waals surface area contributed by atoms with E-state index < -0.39 is 0 Å². The molecule has 0 N–H and O–H groups in total. The summed E-state index contributed by atoms with van der Waals surface area (Å²) >= 11 is 2.02. The fraction of sp³-hybridized carbons (Fsp3) is 0.500. The molecule has 0 bridgehead atoms. The van der Waals surface area contributed by atoms with Crippen LogP contribution in [0.4, 0.5) is 0 Å². The molecule has 1 aliphatic rings. The SMILES string of the molecule is CC1CSCCN1CCOc1cccc(C#N)c1. The van der Waals surface area contributed by atoms with Gasteiger partial charge < -0.3 is 4.74 Å². The van der Waals surface area contributed by atoms with Crippen molar-refractivity contribution in [3.63, 3.8) is 0 Å². The molecule has 1 saturated heterocycles. The molecule has 1 aliphatic heterocycles. The summed E-state index contributed by atoms with van der Waals surface area (Å²) in [6.45, 7) is 5.05. The van der Waals surface area contributed by atoms with E-state index >= 15 is 0 Å². The molecule has 1 aromatic rings. The van der Waals surface area contributed by atoms with E-state index in [1.807, 2.05) is 23.9 Å². The second-order valence-electron chi connectivity index (χ2n) is 4.45. The molecule has 0 aromatic heterocycles. The Bertz CT molecular complexity index is 430. The topological polar surface area (TPSA) is 36.3 Å². The number of thioether (sulfide) groups is 1. The first-order valence-corrected chi connectivity index (χ1v) is 7.40. The van der Waals surface area contributed by atoms with Gasteiger partial charge in [-0.2, -0.15) is 17.0 Å². The first-order chi connectivity index (χ1) is 8.79. The predicted octanol–water partition coefficient (Wildman–Crippen LogP) is 2.37. The Morgan fingerprint density at radius 3 is 3.22 bits per heavy atom. The second-order valence-corrected chi connectivity index (χ2v) is 5.60. The van der Waals surface area contributed by atoms with E-state index in [0.29, 0.717) is 18.2 Å². The van der Waals surface area contributed by atoms with Crippen LogP contribution in [0.15, 0.2) is 24.3 Å². The van der Waals surface area contributed by atoms with Gasteiger partial charge in [0, 0.05) is 30.6 Å². The number of ether oxygens (including phenoxy) is 1. The van der Waals surface area contributed by atoms with Crippen LogP contribution in [0, 0.1) is 11.3 Å². The highest BCUT2D eigenvalue weighted by atomic mass is 32.2. The van der Waals surface area contributed by atoms with Gasteiger partial charge in [0.15, 0.2) is 0 Å². The second kappa shape index (κ2) is 6.67. The summed E-state index contributed by atoms with van der Waals surface area (Å²) in [6.07, 6.45) is 0. The monoisotopic (exact) mass is 262 g/mol. The zero-order valence-corrected chi connectivity index (χ0v) is 11.4. The normalized spacial score (nSPS) is 20.3. The van der Waals surface area contributed by atoms with Gasteiger partial charge in [-0.1, -0.05) is 6.07 Å². The van der Waals surface area contributed by atoms with Gasteiger partial charge in [0.05, 0.1) is 11.6 Å². The number of nitrogens with zero attached hydrogens (tertiary/aromatic N) is 2. The standard InChI is InChI=1S/C14H18N2OS/c1-12-11-18-8-6-16(12)5-7-17-14-4-2-3-13(9-14)10-15/h2-4,9,12H,5-8,11H2,1H3. The molecule has 1 fully saturated rings. The third kappa shape index (κ3) is 3.66. The van der Waals surface area contributed by atoms with Crippen molar-refractivity contribution in [2.24, 2.45) is 0 Å². The molecule has 2 rings (SSSR count). The van der Waals surface area contributed by atoms with Gasteiger partial charge in [-0.25, -0.2) is 0 Å². The molecule has 3 nitrogen and oxygen atoms in total. The molecule has 4 heteroatoms. The maximum atomic E-state index is 8.81. The number of hydrogen-bond donors (Lipinski definition) is 0. The fourth-order valence-corrected chi connectivity index (χ4v) is 3.11. The van der Waals surface area contributed by atoms with Crippen molar-refractivity contribution in [1.82, 2.24) is 4.90 Å². The molecule has 1 heterocycles. The summed E-state index contributed by atoms with van der Waals surface area (Å²) in [5.74, 6) is 3.21. The lowest BCUT2D eigenvalue weighted by Crippen LogP contribution is -2.42. The molecule has 0 saturated carbocycles. The van der Waals surface area contributed by atoms with E-state index in [-0.39, 0.29) is 0 Å². The van der Waals surface area contributed by atoms with E-state index in [9.17, 15) is 0 Å². The van der Waals surface area contributed by atoms with Crippen LogP contribution in [-0.2, 0) is 0 Å². The van der Waals surface area contributed by atoms with Crippen LogP contribution in [-0.4, -0.2) is 42.1 Å². The van der Waals surface area contributed by atoms with Gasteiger partial charge in [0.25, 0.3) is 0 Å². The molecule has 1 aromatic carbocycles. The lowest BCUT2D eigenvalue weighted by atomic mass is 10.2. The third-order valence-electron chi connectivity index (χ3n) is 3.12. The first kappa shape index (κ1) is 13.3. The van der Waals surface area contributed by atoms with E-state index in [1.54, 1.807) is 12.1 Å². The van der Waals surface area contributed by atoms with Gasteiger partial charge in [-0.15, -0.1) is 0 Å². The van der Waals surface area contributed by atoms with Crippen LogP contribution in [0.2, 0.25) is 0 Å². The van der Waals surface area contributed by atoms with Crippen molar-refractivity contribution in [3.05, 3.63) is 29.8 Å². The van der Waals surface area contributed by atoms with E-state index in [1.165, 1.54) is 11.5 Å². The molecule has 0 radical (unpaired) electrons. The van der Waals surface area contributed by atoms with Crippen molar-refractivity contribution < 1.29 is 4.74 Å². The highest BCUT2D eigenvalue weighted by molar-refractivity contribution is 7.99. The van der Waals surface area contributed by atoms with Crippen LogP contribution in [0.25, 0.3) is 0 Å². The smallest absolute Gasteiger partial charge is 0.120 e. The Balaban J connectivity index is 1.79. The maximum absolute atomic E-state index is 8.81. The highest BCUT2D eigenvalue weighted by Crippen LogP contribution is 2.16. The Morgan fingerprint density at radius 2 is 2.44 bits per heavy atom. The predicted molar refractivity (Wildman–Crippen MR) is 75.0 cm³/mol. The first-order valence-electron chi connectivity index (χ1n) is 6.24. The number of benzene rings is 1. The van der Waals surface area contributed by atoms with Crippen LogP contribution in [0.3, 0.4) is 0 Å². The van der Waals surface area contributed by atoms with Crippen LogP contribution in [0.5, 0.6) is 5.75 Å². The highest BCUT2D eigenvalue weighted by Gasteiger charge is 2.17. The van der Waals surface area contributed by atoms with Crippen LogP contribution < -0.4 is 4.74 Å². The summed E-state index contributed by atoms with van der Waals surface area (Å²) in [7, 11) is 0. The summed E-state index contributed by atoms with van der Waals surface area (Å²) in [6, 6.07) is 10.1. The summed E-state index contributed by atoms with van der Waals surface area (Å²) in [4.78, 5) is 2.46. The average molecular weight is 262 g/mol. The van der Waals surface area contributed by atoms with Gasteiger partial charge in [-0.3, -0.25) is 4.90 Å². The Labute approximate surface area is 113 Å². The molecular weight excluding hydrogens is 244 g/mol. The molecule has 18 heavy (non-hydrogen) atoms. The number of rotatable bonds is 4. The van der Waals surface area contributed by atoms with Gasteiger partial charge in [0.2, 0.25) is 0 Å². The van der Waals surface area contributed by atoms with Crippen LogP contribution in [0.1, 0.15) is 12.5 Å². The minimum atomic E-state index is 0.637. The summed E-state index contributed by atoms with van der Waals surface area (Å²) in [5, 5.41) is 8.81. The summed E-state index contributed by atoms with van der Waals surface area (Å²) < 4.78 is 5.70. The van der Waals surface area contributed by atoms with E-state index in [2.05, 4.69) is 17.9 Å². The minimum absolute atomic E-state index is 0.637. The molecule has 0 amide bonds. The molecule has 1 unspecified atom stereocenters. The Hall–Kier alpha value is -1.18. The molecule has 1 atom stereocenters. The average Bonchev–Trinajstić information content (AvgIpc) is 2.41. The van der Waals surface area contributed by atoms with Crippen molar-refractivity contribution >= 4 is 11.8 Å². The Morgan fingerprint density at radius 1 is 1.56 bits per heavy atom. The van der Waals surface area contributed by atoms with Crippen LogP contribution >= 0.6 is 11.8 Å². The fourth-order valence-electron chi connectivity index (χ4n) is 2.03. The molecule has 96 valence electrons. The van der Waals surface area contributed by atoms with Gasteiger partial charge in [-0.05, 0) is 25.1 Å². The van der Waals surface area contributed by atoms with E-state index in [4.69, 9.17) is 10.00 Å². The maximum Gasteiger partial charge on any atom is 0.120 e. The zero-order valence-electron chi connectivity index (χ0n) is 10.6. The number of hydrogen-bond acceptors (Lipinski definition) is 4. The lowest BCUT2D eigenvalue weighted by molar-refractivity contribution is 0.183. The summed E-state index contributed by atoms with van der Waals surface area (Å²) in [5.41, 5.74) is 0.648. The Kier molecular flexibility index (Phi) is 4.91. The molecule has 0 aliphatic carbocycles. The van der Waals surface area contributed by atoms with Crippen molar-refractivity contribution in [2.45, 2.75) is 13.0 Å². The van der Waals surface area contributed by atoms with Crippen molar-refractivity contribution in [3.8, 4) is 11.8 Å². The molecule has 0 spiro atoms. The molecular formula is C14H18N2OS. The van der Waals surface area contributed by atoms with Crippen molar-refractivity contribution in [2.75, 3.05) is 31.2 Å². The number of nitriles is 1. The third-order valence-corrected chi connectivity index (χ3v) is 4.30. The van der Waals surface area contributed by atoms with Gasteiger partial charge >= 0.3 is 0 Å². The zero-order chi connectivity index (χ0) is 12.8. The van der Waals surface area contributed by atoms with E-state index in [0.717, 1.165) is 18.8 Å². The largest absolute Gasteiger partial charge is 0.492 e.